The summed E-state index contributed by atoms with van der Waals surface area (Å²) in [6, 6.07) is 5.79. The number of carbonyl (C=O) groups excluding carboxylic acids is 1. The molecular weight excluding hydrogens is 226 g/mol. The Morgan fingerprint density at radius 3 is 2.78 bits per heavy atom. The van der Waals surface area contributed by atoms with Crippen LogP contribution in [0.15, 0.2) is 18.2 Å². The number of aryl methyl sites for hydroxylation is 2. The minimum atomic E-state index is -0.430. The van der Waals surface area contributed by atoms with E-state index in [1.165, 1.54) is 17.5 Å². The van der Waals surface area contributed by atoms with E-state index < -0.39 is 6.10 Å². The number of hydrogen-bond donors (Lipinski definition) is 2. The van der Waals surface area contributed by atoms with E-state index in [4.69, 9.17) is 0 Å². The van der Waals surface area contributed by atoms with E-state index in [-0.39, 0.29) is 11.8 Å². The van der Waals surface area contributed by atoms with E-state index in [2.05, 4.69) is 11.4 Å². The molecule has 2 N–H and O–H groups in total. The molecule has 0 saturated carbocycles. The van der Waals surface area contributed by atoms with Gasteiger partial charge in [0.2, 0.25) is 0 Å². The zero-order chi connectivity index (χ0) is 13.1. The van der Waals surface area contributed by atoms with Gasteiger partial charge in [0.1, 0.15) is 0 Å². The molecule has 1 aliphatic carbocycles. The van der Waals surface area contributed by atoms with Gasteiger partial charge in [-0.2, -0.15) is 0 Å². The van der Waals surface area contributed by atoms with Crippen molar-refractivity contribution in [1.29, 1.82) is 0 Å². The van der Waals surface area contributed by atoms with Gasteiger partial charge in [-0.05, 0) is 50.3 Å². The van der Waals surface area contributed by atoms with Crippen LogP contribution in [0.3, 0.4) is 0 Å². The SMILES string of the molecule is CC(O)CNC(C)C(=O)c1ccc2c(c1)CCC2. The molecule has 0 aromatic heterocycles. The van der Waals surface area contributed by atoms with Crippen molar-refractivity contribution < 1.29 is 9.90 Å². The molecular formula is C15H21NO2. The van der Waals surface area contributed by atoms with E-state index in [1.807, 2.05) is 19.1 Å². The molecule has 0 heterocycles. The van der Waals surface area contributed by atoms with Gasteiger partial charge in [0.15, 0.2) is 5.78 Å². The van der Waals surface area contributed by atoms with Crippen molar-refractivity contribution >= 4 is 5.78 Å². The highest BCUT2D eigenvalue weighted by Gasteiger charge is 2.18. The highest BCUT2D eigenvalue weighted by atomic mass is 16.3. The molecule has 0 aliphatic heterocycles. The summed E-state index contributed by atoms with van der Waals surface area (Å²) in [5, 5.41) is 12.3. The third-order valence-electron chi connectivity index (χ3n) is 3.50. The normalized spacial score (nSPS) is 17.3. The molecule has 0 amide bonds. The van der Waals surface area contributed by atoms with Gasteiger partial charge >= 0.3 is 0 Å². The average Bonchev–Trinajstić information content (AvgIpc) is 2.81. The molecule has 2 atom stereocenters. The molecule has 1 aromatic rings. The number of Topliss-reactive ketones (excluding diaryl/α,β-unsaturated/α-hetero) is 1. The highest BCUT2D eigenvalue weighted by Crippen LogP contribution is 2.23. The number of ketones is 1. The third kappa shape index (κ3) is 2.98. The summed E-state index contributed by atoms with van der Waals surface area (Å²) >= 11 is 0. The number of hydrogen-bond acceptors (Lipinski definition) is 3. The predicted molar refractivity (Wildman–Crippen MR) is 71.9 cm³/mol. The van der Waals surface area contributed by atoms with E-state index in [9.17, 15) is 9.90 Å². The van der Waals surface area contributed by atoms with Crippen LogP contribution in [-0.4, -0.2) is 29.6 Å². The van der Waals surface area contributed by atoms with Gasteiger partial charge in [0.05, 0.1) is 12.1 Å². The summed E-state index contributed by atoms with van der Waals surface area (Å²) in [4.78, 5) is 12.2. The fourth-order valence-corrected chi connectivity index (χ4v) is 2.42. The lowest BCUT2D eigenvalue weighted by Crippen LogP contribution is -2.38. The van der Waals surface area contributed by atoms with Gasteiger partial charge < -0.3 is 10.4 Å². The molecule has 3 nitrogen and oxygen atoms in total. The molecule has 0 bridgehead atoms. The maximum Gasteiger partial charge on any atom is 0.179 e. The first-order valence-electron chi connectivity index (χ1n) is 6.65. The lowest BCUT2D eigenvalue weighted by molar-refractivity contribution is 0.0941. The summed E-state index contributed by atoms with van der Waals surface area (Å²) < 4.78 is 0. The largest absolute Gasteiger partial charge is 0.392 e. The second kappa shape index (κ2) is 5.63. The van der Waals surface area contributed by atoms with E-state index in [0.29, 0.717) is 6.54 Å². The van der Waals surface area contributed by atoms with Crippen LogP contribution in [0.5, 0.6) is 0 Å². The van der Waals surface area contributed by atoms with Crippen LogP contribution in [-0.2, 0) is 12.8 Å². The minimum Gasteiger partial charge on any atom is -0.392 e. The number of aliphatic hydroxyl groups is 1. The predicted octanol–water partition coefficient (Wildman–Crippen LogP) is 1.72. The Kier molecular flexibility index (Phi) is 4.15. The summed E-state index contributed by atoms with van der Waals surface area (Å²) in [7, 11) is 0. The van der Waals surface area contributed by atoms with E-state index >= 15 is 0 Å². The monoisotopic (exact) mass is 247 g/mol. The Balaban J connectivity index is 2.04. The van der Waals surface area contributed by atoms with Crippen LogP contribution in [0, 0.1) is 0 Å². The topological polar surface area (TPSA) is 49.3 Å². The Hall–Kier alpha value is -1.19. The van der Waals surface area contributed by atoms with Crippen molar-refractivity contribution in [2.24, 2.45) is 0 Å². The third-order valence-corrected chi connectivity index (χ3v) is 3.50. The first kappa shape index (κ1) is 13.2. The Morgan fingerprint density at radius 2 is 2.06 bits per heavy atom. The van der Waals surface area contributed by atoms with Crippen LogP contribution in [0.25, 0.3) is 0 Å². The average molecular weight is 247 g/mol. The van der Waals surface area contributed by atoms with Crippen molar-refractivity contribution in [3.63, 3.8) is 0 Å². The number of aliphatic hydroxyl groups excluding tert-OH is 1. The van der Waals surface area contributed by atoms with Crippen LogP contribution in [0.1, 0.15) is 41.8 Å². The zero-order valence-electron chi connectivity index (χ0n) is 11.1. The molecule has 0 saturated heterocycles. The Morgan fingerprint density at radius 1 is 1.33 bits per heavy atom. The van der Waals surface area contributed by atoms with Crippen LogP contribution >= 0.6 is 0 Å². The molecule has 0 fully saturated rings. The quantitative estimate of drug-likeness (QED) is 0.779. The fraction of sp³-hybridized carbons (Fsp3) is 0.533. The summed E-state index contributed by atoms with van der Waals surface area (Å²) in [6.45, 7) is 4.00. The summed E-state index contributed by atoms with van der Waals surface area (Å²) in [5.74, 6) is 0.102. The second-order valence-electron chi connectivity index (χ2n) is 5.18. The Labute approximate surface area is 108 Å². The van der Waals surface area contributed by atoms with Crippen LogP contribution in [0.4, 0.5) is 0 Å². The van der Waals surface area contributed by atoms with Crippen molar-refractivity contribution in [3.8, 4) is 0 Å². The van der Waals surface area contributed by atoms with Crippen molar-refractivity contribution in [2.75, 3.05) is 6.54 Å². The van der Waals surface area contributed by atoms with Crippen molar-refractivity contribution in [3.05, 3.63) is 34.9 Å². The van der Waals surface area contributed by atoms with Gasteiger partial charge in [-0.15, -0.1) is 0 Å². The van der Waals surface area contributed by atoms with Crippen LogP contribution in [0.2, 0.25) is 0 Å². The zero-order valence-corrected chi connectivity index (χ0v) is 11.1. The van der Waals surface area contributed by atoms with E-state index in [1.54, 1.807) is 6.92 Å². The standard InChI is InChI=1S/C15H21NO2/c1-10(17)9-16-11(2)15(18)14-7-6-12-4-3-5-13(12)8-14/h6-8,10-11,16-17H,3-5,9H2,1-2H3. The van der Waals surface area contributed by atoms with E-state index in [0.717, 1.165) is 18.4 Å². The van der Waals surface area contributed by atoms with Gasteiger partial charge in [0, 0.05) is 12.1 Å². The second-order valence-corrected chi connectivity index (χ2v) is 5.18. The summed E-state index contributed by atoms with van der Waals surface area (Å²) in [6.07, 6.45) is 2.99. The molecule has 3 heteroatoms. The van der Waals surface area contributed by atoms with Gasteiger partial charge in [-0.3, -0.25) is 4.79 Å². The lowest BCUT2D eigenvalue weighted by Gasteiger charge is -2.14. The molecule has 1 aliphatic rings. The molecule has 2 rings (SSSR count). The van der Waals surface area contributed by atoms with Gasteiger partial charge in [-0.1, -0.05) is 12.1 Å². The number of fused-ring (bicyclic) bond motifs is 1. The first-order chi connectivity index (χ1) is 8.58. The maximum absolute atomic E-state index is 12.2. The highest BCUT2D eigenvalue weighted by molar-refractivity contribution is 6.00. The summed E-state index contributed by atoms with van der Waals surface area (Å²) in [5.41, 5.74) is 3.49. The van der Waals surface area contributed by atoms with Gasteiger partial charge in [-0.25, -0.2) is 0 Å². The number of nitrogens with one attached hydrogen (secondary N) is 1. The van der Waals surface area contributed by atoms with Gasteiger partial charge in [0.25, 0.3) is 0 Å². The smallest absolute Gasteiger partial charge is 0.179 e. The molecule has 0 spiro atoms. The number of carbonyl (C=O) groups is 1. The lowest BCUT2D eigenvalue weighted by atomic mass is 10.0. The maximum atomic E-state index is 12.2. The first-order valence-corrected chi connectivity index (χ1v) is 6.65. The minimum absolute atomic E-state index is 0.102. The molecule has 1 aromatic carbocycles. The van der Waals surface area contributed by atoms with Crippen LogP contribution < -0.4 is 5.32 Å². The fourth-order valence-electron chi connectivity index (χ4n) is 2.42. The van der Waals surface area contributed by atoms with Crippen molar-refractivity contribution in [2.45, 2.75) is 45.3 Å². The molecule has 2 unspecified atom stereocenters. The molecule has 0 radical (unpaired) electrons. The molecule has 18 heavy (non-hydrogen) atoms. The molecule has 98 valence electrons. The Bertz CT molecular complexity index is 440. The van der Waals surface area contributed by atoms with Crippen molar-refractivity contribution in [1.82, 2.24) is 5.32 Å². The number of rotatable bonds is 5. The number of benzene rings is 1.